The summed E-state index contributed by atoms with van der Waals surface area (Å²) < 4.78 is 23.3. The van der Waals surface area contributed by atoms with E-state index < -0.39 is 20.0 Å². The van der Waals surface area contributed by atoms with Gasteiger partial charge >= 0.3 is 0 Å². The number of aliphatic hydroxyl groups excluding tert-OH is 1. The predicted octanol–water partition coefficient (Wildman–Crippen LogP) is 15.0. The summed E-state index contributed by atoms with van der Waals surface area (Å²) in [6, 6.07) is -0.886. The molecule has 0 aromatic rings. The van der Waals surface area contributed by atoms with Gasteiger partial charge in [0.2, 0.25) is 5.91 Å². The van der Waals surface area contributed by atoms with Crippen LogP contribution in [-0.4, -0.2) is 68.5 Å². The lowest BCUT2D eigenvalue weighted by molar-refractivity contribution is -0.870. The van der Waals surface area contributed by atoms with E-state index in [1.807, 2.05) is 27.2 Å². The Bertz CT molecular complexity index is 1060. The average Bonchev–Trinajstić information content (AvgIpc) is 3.23. The number of unbranched alkanes of at least 4 members (excludes halogenated alkanes) is 34. The number of allylic oxidation sites excluding steroid dienone is 3. The van der Waals surface area contributed by atoms with Gasteiger partial charge in [0.05, 0.1) is 39.9 Å². The zero-order valence-electron chi connectivity index (χ0n) is 41.8. The van der Waals surface area contributed by atoms with E-state index in [9.17, 15) is 19.4 Å². The number of hydrogen-bond donors (Lipinski definition) is 2. The van der Waals surface area contributed by atoms with E-state index in [0.717, 1.165) is 38.5 Å². The number of hydrogen-bond acceptors (Lipinski definition) is 6. The normalized spacial score (nSPS) is 14.2. The van der Waals surface area contributed by atoms with Crippen LogP contribution >= 0.6 is 7.82 Å². The van der Waals surface area contributed by atoms with Crippen LogP contribution in [0.25, 0.3) is 0 Å². The minimum Gasteiger partial charge on any atom is -0.756 e. The van der Waals surface area contributed by atoms with Crippen molar-refractivity contribution in [1.29, 1.82) is 0 Å². The molecule has 3 unspecified atom stereocenters. The van der Waals surface area contributed by atoms with Crippen LogP contribution in [0.3, 0.4) is 0 Å². The van der Waals surface area contributed by atoms with Crippen molar-refractivity contribution in [2.45, 2.75) is 270 Å². The van der Waals surface area contributed by atoms with Crippen molar-refractivity contribution in [1.82, 2.24) is 5.32 Å². The van der Waals surface area contributed by atoms with Crippen molar-refractivity contribution in [3.8, 4) is 0 Å². The van der Waals surface area contributed by atoms with Gasteiger partial charge in [-0.25, -0.2) is 0 Å². The largest absolute Gasteiger partial charge is 0.756 e. The maximum atomic E-state index is 12.9. The third-order valence-electron chi connectivity index (χ3n) is 12.2. The van der Waals surface area contributed by atoms with E-state index in [4.69, 9.17) is 9.05 Å². The number of phosphoric ester groups is 1. The van der Waals surface area contributed by atoms with Crippen LogP contribution in [0.15, 0.2) is 24.3 Å². The van der Waals surface area contributed by atoms with Crippen LogP contribution in [-0.2, 0) is 18.4 Å². The van der Waals surface area contributed by atoms with Gasteiger partial charge in [-0.3, -0.25) is 9.36 Å². The molecular weight excluding hydrogens is 792 g/mol. The third kappa shape index (κ3) is 47.0. The summed E-state index contributed by atoms with van der Waals surface area (Å²) in [5.74, 6) is -0.199. The summed E-state index contributed by atoms with van der Waals surface area (Å²) >= 11 is 0. The highest BCUT2D eigenvalue weighted by Crippen LogP contribution is 2.38. The molecule has 62 heavy (non-hydrogen) atoms. The predicted molar refractivity (Wildman–Crippen MR) is 265 cm³/mol. The number of carbonyl (C=O) groups excluding carboxylic acids is 1. The number of carbonyl (C=O) groups is 1. The molecular formula is C53H105N2O6P. The molecule has 8 nitrogen and oxygen atoms in total. The first-order valence-electron chi connectivity index (χ1n) is 26.7. The van der Waals surface area contributed by atoms with E-state index in [0.29, 0.717) is 17.4 Å². The van der Waals surface area contributed by atoms with Gasteiger partial charge < -0.3 is 28.8 Å². The zero-order valence-corrected chi connectivity index (χ0v) is 42.7. The first kappa shape index (κ1) is 61.0. The molecule has 9 heteroatoms. The monoisotopic (exact) mass is 897 g/mol. The van der Waals surface area contributed by atoms with Crippen molar-refractivity contribution >= 4 is 13.7 Å². The summed E-state index contributed by atoms with van der Waals surface area (Å²) in [4.78, 5) is 25.4. The highest BCUT2D eigenvalue weighted by atomic mass is 31.2. The molecule has 0 fully saturated rings. The van der Waals surface area contributed by atoms with Gasteiger partial charge in [-0.05, 0) is 44.9 Å². The Kier molecular flexibility index (Phi) is 44.4. The summed E-state index contributed by atoms with van der Waals surface area (Å²) in [6.45, 7) is 4.68. The van der Waals surface area contributed by atoms with Crippen molar-refractivity contribution < 1.29 is 32.9 Å². The van der Waals surface area contributed by atoms with Crippen LogP contribution in [0.1, 0.15) is 258 Å². The highest BCUT2D eigenvalue weighted by Gasteiger charge is 2.23. The Labute approximate surface area is 385 Å². The standard InChI is InChI=1S/C53H105N2O6P/c1-6-8-10-12-14-16-18-20-22-24-25-26-27-28-29-31-33-35-37-39-41-43-45-47-53(57)54-51(50-61-62(58,59)60-49-48-55(3,4)5)52(56)46-44-42-40-38-36-34-32-30-23-21-19-17-15-13-11-9-7-2/h28-29,44,46,51-52,56H,6-27,30-43,45,47-50H2,1-5H3,(H-,54,57,58,59)/b29-28-,46-44+. The Morgan fingerprint density at radius 1 is 0.548 bits per heavy atom. The minimum atomic E-state index is -4.59. The maximum absolute atomic E-state index is 12.9. The van der Waals surface area contributed by atoms with Gasteiger partial charge in [-0.15, -0.1) is 0 Å². The Morgan fingerprint density at radius 2 is 0.887 bits per heavy atom. The molecule has 0 bridgehead atoms. The lowest BCUT2D eigenvalue weighted by Gasteiger charge is -2.29. The molecule has 0 saturated heterocycles. The molecule has 0 aliphatic heterocycles. The second-order valence-corrected chi connectivity index (χ2v) is 21.0. The minimum absolute atomic E-state index is 0.000397. The number of amides is 1. The third-order valence-corrected chi connectivity index (χ3v) is 13.1. The van der Waals surface area contributed by atoms with Crippen molar-refractivity contribution in [2.24, 2.45) is 0 Å². The molecule has 0 aromatic heterocycles. The lowest BCUT2D eigenvalue weighted by atomic mass is 10.0. The van der Waals surface area contributed by atoms with E-state index in [2.05, 4.69) is 31.3 Å². The molecule has 3 atom stereocenters. The smallest absolute Gasteiger partial charge is 0.268 e. The van der Waals surface area contributed by atoms with Crippen molar-refractivity contribution in [3.63, 3.8) is 0 Å². The average molecular weight is 897 g/mol. The molecule has 0 radical (unpaired) electrons. The number of rotatable bonds is 49. The van der Waals surface area contributed by atoms with Gasteiger partial charge in [0.25, 0.3) is 7.82 Å². The van der Waals surface area contributed by atoms with Crippen molar-refractivity contribution in [2.75, 3.05) is 40.9 Å². The van der Waals surface area contributed by atoms with E-state index in [1.165, 1.54) is 199 Å². The highest BCUT2D eigenvalue weighted by molar-refractivity contribution is 7.45. The zero-order chi connectivity index (χ0) is 45.7. The second-order valence-electron chi connectivity index (χ2n) is 19.6. The molecule has 0 aliphatic carbocycles. The van der Waals surface area contributed by atoms with Gasteiger partial charge in [0, 0.05) is 6.42 Å². The fourth-order valence-corrected chi connectivity index (χ4v) is 8.64. The van der Waals surface area contributed by atoms with Crippen molar-refractivity contribution in [3.05, 3.63) is 24.3 Å². The number of quaternary nitrogens is 1. The molecule has 2 N–H and O–H groups in total. The second kappa shape index (κ2) is 45.1. The van der Waals surface area contributed by atoms with Crippen LogP contribution < -0.4 is 10.2 Å². The fourth-order valence-electron chi connectivity index (χ4n) is 7.91. The number of nitrogens with one attached hydrogen (secondary N) is 1. The number of aliphatic hydroxyl groups is 1. The summed E-state index contributed by atoms with van der Waals surface area (Å²) in [7, 11) is 1.27. The van der Waals surface area contributed by atoms with E-state index >= 15 is 0 Å². The summed E-state index contributed by atoms with van der Waals surface area (Å²) in [5, 5.41) is 13.9. The van der Waals surface area contributed by atoms with Crippen LogP contribution in [0.5, 0.6) is 0 Å². The molecule has 0 aromatic carbocycles. The summed E-state index contributed by atoms with van der Waals surface area (Å²) in [6.07, 6.45) is 55.2. The molecule has 0 aliphatic rings. The molecule has 0 heterocycles. The molecule has 0 rings (SSSR count). The van der Waals surface area contributed by atoms with Gasteiger partial charge in [-0.1, -0.05) is 231 Å². The molecule has 1 amide bonds. The Hall–Kier alpha value is -1.02. The van der Waals surface area contributed by atoms with Crippen LogP contribution in [0.4, 0.5) is 0 Å². The summed E-state index contributed by atoms with van der Waals surface area (Å²) in [5.41, 5.74) is 0. The maximum Gasteiger partial charge on any atom is 0.268 e. The number of phosphoric acid groups is 1. The quantitative estimate of drug-likeness (QED) is 0.0273. The van der Waals surface area contributed by atoms with E-state index in [1.54, 1.807) is 6.08 Å². The number of likely N-dealkylation sites (N-methyl/N-ethyl adjacent to an activating group) is 1. The Morgan fingerprint density at radius 3 is 1.26 bits per heavy atom. The Balaban J connectivity index is 4.26. The first-order valence-corrected chi connectivity index (χ1v) is 28.2. The molecule has 0 saturated carbocycles. The molecule has 368 valence electrons. The fraction of sp³-hybridized carbons (Fsp3) is 0.906. The number of nitrogens with zero attached hydrogens (tertiary/aromatic N) is 1. The van der Waals surface area contributed by atoms with Crippen LogP contribution in [0, 0.1) is 0 Å². The van der Waals surface area contributed by atoms with Gasteiger partial charge in [0.15, 0.2) is 0 Å². The van der Waals surface area contributed by atoms with Gasteiger partial charge in [-0.2, -0.15) is 0 Å². The van der Waals surface area contributed by atoms with Crippen LogP contribution in [0.2, 0.25) is 0 Å². The van der Waals surface area contributed by atoms with Gasteiger partial charge in [0.1, 0.15) is 13.2 Å². The van der Waals surface area contributed by atoms with E-state index in [-0.39, 0.29) is 19.1 Å². The molecule has 0 spiro atoms. The first-order chi connectivity index (χ1) is 30.0. The lowest BCUT2D eigenvalue weighted by Crippen LogP contribution is -2.45. The SMILES string of the molecule is CCCCCCCCCCCCCC/C=C\CCCCCCCCCC(=O)NC(COP(=O)([O-])OCC[N+](C)(C)C)C(O)/C=C/CCCCCCCCCCCCCCCCC. The topological polar surface area (TPSA) is 108 Å².